The first kappa shape index (κ1) is 18.6. The van der Waals surface area contributed by atoms with Gasteiger partial charge in [-0.2, -0.15) is 0 Å². The molecule has 1 heterocycles. The largest absolute Gasteiger partial charge is 0.496 e. The maximum Gasteiger partial charge on any atom is 0.325 e. The number of rotatable bonds is 6. The summed E-state index contributed by atoms with van der Waals surface area (Å²) in [5.74, 6) is -1.33. The van der Waals surface area contributed by atoms with Crippen LogP contribution in [-0.4, -0.2) is 56.9 Å². The van der Waals surface area contributed by atoms with Gasteiger partial charge in [-0.15, -0.1) is 0 Å². The van der Waals surface area contributed by atoms with Gasteiger partial charge in [0.1, 0.15) is 17.6 Å². The second-order valence-electron chi connectivity index (χ2n) is 5.83. The maximum absolute atomic E-state index is 13.6. The second kappa shape index (κ2) is 7.45. The fourth-order valence-corrected chi connectivity index (χ4v) is 3.82. The Balaban J connectivity index is 2.19. The Bertz CT molecular complexity index is 702. The topological polar surface area (TPSA) is 95.9 Å². The van der Waals surface area contributed by atoms with Crippen LogP contribution in [0.4, 0.5) is 4.39 Å². The van der Waals surface area contributed by atoms with Gasteiger partial charge in [-0.3, -0.25) is 9.69 Å². The van der Waals surface area contributed by atoms with E-state index in [0.29, 0.717) is 31.7 Å². The van der Waals surface area contributed by atoms with E-state index in [0.717, 1.165) is 6.26 Å². The van der Waals surface area contributed by atoms with Gasteiger partial charge in [-0.05, 0) is 31.0 Å². The fourth-order valence-electron chi connectivity index (χ4n) is 2.98. The molecule has 0 aliphatic carbocycles. The number of likely N-dealkylation sites (tertiary alicyclic amines) is 1. The average Bonchev–Trinajstić information content (AvgIpc) is 2.48. The second-order valence-corrected chi connectivity index (χ2v) is 7.61. The van der Waals surface area contributed by atoms with E-state index in [1.54, 1.807) is 4.90 Å². The van der Waals surface area contributed by atoms with Crippen molar-refractivity contribution in [2.75, 3.05) is 26.5 Å². The van der Waals surface area contributed by atoms with E-state index in [-0.39, 0.29) is 11.6 Å². The summed E-state index contributed by atoms with van der Waals surface area (Å²) in [7, 11) is -1.90. The number of sulfonamides is 1. The Morgan fingerprint density at radius 3 is 2.54 bits per heavy atom. The van der Waals surface area contributed by atoms with Gasteiger partial charge in [0, 0.05) is 24.7 Å². The Hall–Kier alpha value is -1.71. The lowest BCUT2D eigenvalue weighted by molar-refractivity contribution is -0.144. The minimum atomic E-state index is -3.30. The third kappa shape index (κ3) is 4.65. The van der Waals surface area contributed by atoms with Crippen molar-refractivity contribution in [2.45, 2.75) is 24.9 Å². The smallest absolute Gasteiger partial charge is 0.325 e. The molecule has 1 fully saturated rings. The van der Waals surface area contributed by atoms with Crippen molar-refractivity contribution in [1.82, 2.24) is 9.62 Å². The van der Waals surface area contributed by atoms with Gasteiger partial charge in [0.25, 0.3) is 0 Å². The molecule has 0 aromatic heterocycles. The van der Waals surface area contributed by atoms with Gasteiger partial charge in [-0.25, -0.2) is 17.5 Å². The number of hydrogen-bond acceptors (Lipinski definition) is 5. The first-order valence-corrected chi connectivity index (χ1v) is 9.38. The van der Waals surface area contributed by atoms with Crippen molar-refractivity contribution in [3.63, 3.8) is 0 Å². The number of nitrogens with one attached hydrogen (secondary N) is 1. The summed E-state index contributed by atoms with van der Waals surface area (Å²) in [5.41, 5.74) is 0.250. The van der Waals surface area contributed by atoms with Crippen molar-refractivity contribution in [3.05, 3.63) is 29.6 Å². The first-order chi connectivity index (χ1) is 11.2. The third-order valence-electron chi connectivity index (χ3n) is 4.00. The molecule has 1 aromatic rings. The van der Waals surface area contributed by atoms with Crippen molar-refractivity contribution < 1.29 is 27.4 Å². The summed E-state index contributed by atoms with van der Waals surface area (Å²) < 4.78 is 43.8. The van der Waals surface area contributed by atoms with Crippen LogP contribution in [0.5, 0.6) is 5.75 Å². The van der Waals surface area contributed by atoms with Crippen LogP contribution in [0, 0.1) is 5.82 Å². The lowest BCUT2D eigenvalue weighted by Crippen LogP contribution is -2.46. The van der Waals surface area contributed by atoms with Crippen molar-refractivity contribution in [3.8, 4) is 5.75 Å². The Morgan fingerprint density at radius 1 is 1.42 bits per heavy atom. The molecular weight excluding hydrogens is 339 g/mol. The summed E-state index contributed by atoms with van der Waals surface area (Å²) in [6.45, 7) is 0.758. The van der Waals surface area contributed by atoms with E-state index in [1.165, 1.54) is 25.3 Å². The minimum Gasteiger partial charge on any atom is -0.496 e. The summed E-state index contributed by atoms with van der Waals surface area (Å²) in [5, 5.41) is 9.61. The molecule has 1 aliphatic rings. The van der Waals surface area contributed by atoms with Gasteiger partial charge in [-0.1, -0.05) is 0 Å². The quantitative estimate of drug-likeness (QED) is 0.785. The molecule has 0 spiro atoms. The number of aliphatic carboxylic acids is 1. The summed E-state index contributed by atoms with van der Waals surface area (Å²) in [6, 6.07) is 2.51. The zero-order valence-electron chi connectivity index (χ0n) is 13.5. The number of carboxylic acid groups (broad SMARTS) is 1. The monoisotopic (exact) mass is 360 g/mol. The average molecular weight is 360 g/mol. The van der Waals surface area contributed by atoms with Gasteiger partial charge in [0.15, 0.2) is 0 Å². The molecule has 0 saturated carbocycles. The van der Waals surface area contributed by atoms with Crippen LogP contribution < -0.4 is 9.46 Å². The number of benzene rings is 1. The zero-order valence-corrected chi connectivity index (χ0v) is 14.3. The van der Waals surface area contributed by atoms with Crippen LogP contribution in [-0.2, 0) is 14.8 Å². The maximum atomic E-state index is 13.6. The van der Waals surface area contributed by atoms with E-state index in [1.807, 2.05) is 0 Å². The van der Waals surface area contributed by atoms with Crippen molar-refractivity contribution in [1.29, 1.82) is 0 Å². The first-order valence-electron chi connectivity index (χ1n) is 7.49. The molecule has 1 saturated heterocycles. The van der Waals surface area contributed by atoms with Crippen LogP contribution >= 0.6 is 0 Å². The SMILES string of the molecule is COc1ccc(F)cc1C(C(=O)O)N1CCC(NS(C)(=O)=O)CC1. The highest BCUT2D eigenvalue weighted by molar-refractivity contribution is 7.88. The van der Waals surface area contributed by atoms with Crippen molar-refractivity contribution in [2.24, 2.45) is 0 Å². The Morgan fingerprint density at radius 2 is 2.04 bits per heavy atom. The van der Waals surface area contributed by atoms with E-state index in [2.05, 4.69) is 4.72 Å². The molecular formula is C15H21FN2O5S. The number of methoxy groups -OCH3 is 1. The van der Waals surface area contributed by atoms with Gasteiger partial charge < -0.3 is 9.84 Å². The van der Waals surface area contributed by atoms with E-state index in [9.17, 15) is 22.7 Å². The number of hydrogen-bond donors (Lipinski definition) is 2. The molecule has 7 nitrogen and oxygen atoms in total. The molecule has 1 aromatic carbocycles. The molecule has 0 amide bonds. The standard InChI is InChI=1S/C15H21FN2O5S/c1-23-13-4-3-10(16)9-12(13)14(15(19)20)18-7-5-11(6-8-18)17-24(2,21)22/h3-4,9,11,14,17H,5-8H2,1-2H3,(H,19,20). The Labute approximate surface area is 140 Å². The number of nitrogens with zero attached hydrogens (tertiary/aromatic N) is 1. The van der Waals surface area contributed by atoms with E-state index in [4.69, 9.17) is 4.74 Å². The fraction of sp³-hybridized carbons (Fsp3) is 0.533. The highest BCUT2D eigenvalue weighted by Gasteiger charge is 2.33. The number of carbonyl (C=O) groups is 1. The number of ether oxygens (including phenoxy) is 1. The zero-order chi connectivity index (χ0) is 17.9. The van der Waals surface area contributed by atoms with Crippen molar-refractivity contribution >= 4 is 16.0 Å². The van der Waals surface area contributed by atoms with E-state index >= 15 is 0 Å². The highest BCUT2D eigenvalue weighted by Crippen LogP contribution is 2.32. The molecule has 0 bridgehead atoms. The van der Waals surface area contributed by atoms with Crippen LogP contribution in [0.3, 0.4) is 0 Å². The predicted molar refractivity (Wildman–Crippen MR) is 85.9 cm³/mol. The molecule has 1 unspecified atom stereocenters. The van der Waals surface area contributed by atoms with Gasteiger partial charge >= 0.3 is 5.97 Å². The van der Waals surface area contributed by atoms with Crippen LogP contribution in [0.2, 0.25) is 0 Å². The molecule has 0 radical (unpaired) electrons. The predicted octanol–water partition coefficient (Wildman–Crippen LogP) is 0.974. The molecule has 2 rings (SSSR count). The van der Waals surface area contributed by atoms with Crippen LogP contribution in [0.1, 0.15) is 24.4 Å². The van der Waals surface area contributed by atoms with Crippen LogP contribution in [0.15, 0.2) is 18.2 Å². The summed E-state index contributed by atoms with van der Waals surface area (Å²) >= 11 is 0. The number of piperidine rings is 1. The molecule has 1 atom stereocenters. The number of carboxylic acids is 1. The summed E-state index contributed by atoms with van der Waals surface area (Å²) in [4.78, 5) is 13.5. The van der Waals surface area contributed by atoms with Gasteiger partial charge in [0.05, 0.1) is 13.4 Å². The lowest BCUT2D eigenvalue weighted by Gasteiger charge is -2.36. The lowest BCUT2D eigenvalue weighted by atomic mass is 9.99. The minimum absolute atomic E-state index is 0.222. The molecule has 2 N–H and O–H groups in total. The van der Waals surface area contributed by atoms with Gasteiger partial charge in [0.2, 0.25) is 10.0 Å². The van der Waals surface area contributed by atoms with E-state index < -0.39 is 27.9 Å². The third-order valence-corrected chi connectivity index (χ3v) is 4.76. The molecule has 134 valence electrons. The molecule has 24 heavy (non-hydrogen) atoms. The Kier molecular flexibility index (Phi) is 5.79. The molecule has 9 heteroatoms. The summed E-state index contributed by atoms with van der Waals surface area (Å²) in [6.07, 6.45) is 2.06. The highest BCUT2D eigenvalue weighted by atomic mass is 32.2. The number of halogens is 1. The van der Waals surface area contributed by atoms with Crippen LogP contribution in [0.25, 0.3) is 0 Å². The molecule has 1 aliphatic heterocycles. The normalized spacial score (nSPS) is 18.3.